The molecule has 0 radical (unpaired) electrons. The summed E-state index contributed by atoms with van der Waals surface area (Å²) in [6.45, 7) is 0.389. The van der Waals surface area contributed by atoms with E-state index in [2.05, 4.69) is 22.4 Å². The first-order valence-corrected chi connectivity index (χ1v) is 12.1. The number of aliphatic hydroxyl groups is 2. The lowest BCUT2D eigenvalue weighted by Gasteiger charge is -2.19. The molecule has 0 fully saturated rings. The number of rotatable bonds is 10. The van der Waals surface area contributed by atoms with Gasteiger partial charge in [0.15, 0.2) is 6.29 Å². The lowest BCUT2D eigenvalue weighted by atomic mass is 9.99. The summed E-state index contributed by atoms with van der Waals surface area (Å²) in [6, 6.07) is 23.8. The van der Waals surface area contributed by atoms with E-state index in [9.17, 15) is 20.1 Å². The van der Waals surface area contributed by atoms with Crippen molar-refractivity contribution in [2.24, 2.45) is 5.73 Å². The number of aliphatic hydroxyl groups excluding tert-OH is 1. The number of phenolic OH excluding ortho intramolecular Hbond substituents is 1. The van der Waals surface area contributed by atoms with Crippen LogP contribution in [0, 0.1) is 0 Å². The van der Waals surface area contributed by atoms with Crippen molar-refractivity contribution in [2.75, 3.05) is 6.54 Å². The second kappa shape index (κ2) is 11.8. The molecule has 6 N–H and O–H groups in total. The van der Waals surface area contributed by atoms with Gasteiger partial charge in [0.2, 0.25) is 0 Å². The number of carbonyl (C=O) groups excluding carboxylic acids is 1. The van der Waals surface area contributed by atoms with Crippen molar-refractivity contribution in [3.63, 3.8) is 0 Å². The molecule has 0 saturated carbocycles. The monoisotopic (exact) mass is 485 g/mol. The summed E-state index contributed by atoms with van der Waals surface area (Å²) < 4.78 is 0. The standard InChI is InChI=1S/C29H31N3O4/c30-15-14-22(16-20-8-11-23(33)12-9-20)31-28(34)27-18-25(29(35)36)24-17-21(10-13-26(24)32-27)7-6-19-4-2-1-3-5-19/h1-5,8-13,17-18,22,29,33,35-36H,6-7,14-16,30H2,(H,31,34)/t22-/m1/s1. The number of hydrogen-bond acceptors (Lipinski definition) is 6. The van der Waals surface area contributed by atoms with E-state index in [-0.39, 0.29) is 23.0 Å². The summed E-state index contributed by atoms with van der Waals surface area (Å²) in [5.41, 5.74) is 9.85. The highest BCUT2D eigenvalue weighted by atomic mass is 16.5. The molecule has 1 heterocycles. The lowest BCUT2D eigenvalue weighted by molar-refractivity contribution is -0.0413. The highest BCUT2D eigenvalue weighted by Gasteiger charge is 2.19. The SMILES string of the molecule is NCC[C@H](Cc1ccc(O)cc1)NC(=O)c1cc(C(O)O)c2cc(CCc3ccccc3)ccc2n1. The third-order valence-corrected chi connectivity index (χ3v) is 6.23. The Labute approximate surface area is 210 Å². The van der Waals surface area contributed by atoms with Crippen molar-refractivity contribution in [3.8, 4) is 5.75 Å². The number of aromatic nitrogens is 1. The van der Waals surface area contributed by atoms with Crippen LogP contribution in [0.1, 0.15) is 45.5 Å². The average molecular weight is 486 g/mol. The molecule has 4 aromatic rings. The molecule has 0 aliphatic rings. The maximum atomic E-state index is 13.1. The Morgan fingerprint density at radius 3 is 2.28 bits per heavy atom. The molecule has 0 spiro atoms. The number of benzene rings is 3. The summed E-state index contributed by atoms with van der Waals surface area (Å²) in [5.74, 6) is -0.235. The number of aryl methyl sites for hydroxylation is 2. The van der Waals surface area contributed by atoms with Gasteiger partial charge in [-0.3, -0.25) is 4.79 Å². The first-order valence-electron chi connectivity index (χ1n) is 12.1. The van der Waals surface area contributed by atoms with E-state index in [1.807, 2.05) is 36.4 Å². The molecule has 0 saturated heterocycles. The maximum Gasteiger partial charge on any atom is 0.270 e. The molecule has 0 aliphatic carbocycles. The lowest BCUT2D eigenvalue weighted by Crippen LogP contribution is -2.38. The van der Waals surface area contributed by atoms with Crippen LogP contribution in [0.15, 0.2) is 78.9 Å². The number of nitrogens with zero attached hydrogens (tertiary/aromatic N) is 1. The van der Waals surface area contributed by atoms with Crippen LogP contribution < -0.4 is 11.1 Å². The van der Waals surface area contributed by atoms with Gasteiger partial charge >= 0.3 is 0 Å². The summed E-state index contributed by atoms with van der Waals surface area (Å²) in [5, 5.41) is 33.2. The third-order valence-electron chi connectivity index (χ3n) is 6.23. The molecule has 0 unspecified atom stereocenters. The smallest absolute Gasteiger partial charge is 0.270 e. The molecule has 7 heteroatoms. The highest BCUT2D eigenvalue weighted by Crippen LogP contribution is 2.25. The van der Waals surface area contributed by atoms with Crippen LogP contribution in [-0.2, 0) is 19.3 Å². The summed E-state index contributed by atoms with van der Waals surface area (Å²) in [6.07, 6.45) is 1.00. The largest absolute Gasteiger partial charge is 0.508 e. The molecule has 1 amide bonds. The maximum absolute atomic E-state index is 13.1. The van der Waals surface area contributed by atoms with Crippen molar-refractivity contribution in [3.05, 3.63) is 107 Å². The molecular weight excluding hydrogens is 454 g/mol. The van der Waals surface area contributed by atoms with Gasteiger partial charge in [-0.25, -0.2) is 4.98 Å². The Bertz CT molecular complexity index is 1310. The van der Waals surface area contributed by atoms with Gasteiger partial charge in [-0.2, -0.15) is 0 Å². The molecule has 4 rings (SSSR count). The second-order valence-corrected chi connectivity index (χ2v) is 8.93. The normalized spacial score (nSPS) is 12.1. The predicted octanol–water partition coefficient (Wildman–Crippen LogP) is 3.40. The van der Waals surface area contributed by atoms with Gasteiger partial charge < -0.3 is 26.4 Å². The molecule has 3 aromatic carbocycles. The van der Waals surface area contributed by atoms with Gasteiger partial charge in [0, 0.05) is 17.0 Å². The quantitative estimate of drug-likeness (QED) is 0.219. The van der Waals surface area contributed by atoms with Crippen molar-refractivity contribution in [2.45, 2.75) is 38.0 Å². The van der Waals surface area contributed by atoms with Gasteiger partial charge in [-0.1, -0.05) is 48.5 Å². The van der Waals surface area contributed by atoms with E-state index in [0.717, 1.165) is 24.0 Å². The van der Waals surface area contributed by atoms with Crippen LogP contribution in [0.25, 0.3) is 10.9 Å². The number of fused-ring (bicyclic) bond motifs is 1. The van der Waals surface area contributed by atoms with Crippen molar-refractivity contribution in [1.82, 2.24) is 10.3 Å². The highest BCUT2D eigenvalue weighted by molar-refractivity contribution is 5.96. The summed E-state index contributed by atoms with van der Waals surface area (Å²) in [7, 11) is 0. The Morgan fingerprint density at radius 2 is 1.58 bits per heavy atom. The van der Waals surface area contributed by atoms with E-state index >= 15 is 0 Å². The molecule has 0 aliphatic heterocycles. The van der Waals surface area contributed by atoms with E-state index in [1.165, 1.54) is 11.6 Å². The zero-order chi connectivity index (χ0) is 25.5. The van der Waals surface area contributed by atoms with Crippen molar-refractivity contribution < 1.29 is 20.1 Å². The number of aromatic hydroxyl groups is 1. The average Bonchev–Trinajstić information content (AvgIpc) is 2.88. The van der Waals surface area contributed by atoms with Crippen LogP contribution in [-0.4, -0.2) is 38.8 Å². The van der Waals surface area contributed by atoms with Gasteiger partial charge in [-0.15, -0.1) is 0 Å². The number of phenols is 1. The summed E-state index contributed by atoms with van der Waals surface area (Å²) >= 11 is 0. The Hall–Kier alpha value is -3.78. The fraction of sp³-hybridized carbons (Fsp3) is 0.241. The van der Waals surface area contributed by atoms with Crippen LogP contribution in [0.3, 0.4) is 0 Å². The minimum atomic E-state index is -1.75. The van der Waals surface area contributed by atoms with E-state index in [4.69, 9.17) is 5.73 Å². The molecule has 1 atom stereocenters. The zero-order valence-electron chi connectivity index (χ0n) is 20.0. The van der Waals surface area contributed by atoms with Crippen LogP contribution in [0.2, 0.25) is 0 Å². The fourth-order valence-electron chi connectivity index (χ4n) is 4.32. The number of pyridine rings is 1. The minimum Gasteiger partial charge on any atom is -0.508 e. The Kier molecular flexibility index (Phi) is 8.28. The molecule has 1 aromatic heterocycles. The first-order chi connectivity index (χ1) is 17.4. The van der Waals surface area contributed by atoms with E-state index < -0.39 is 12.2 Å². The number of nitrogens with one attached hydrogen (secondary N) is 1. The summed E-state index contributed by atoms with van der Waals surface area (Å²) in [4.78, 5) is 17.6. The van der Waals surface area contributed by atoms with Crippen molar-refractivity contribution >= 4 is 16.8 Å². The minimum absolute atomic E-state index is 0.107. The number of carbonyl (C=O) groups is 1. The fourth-order valence-corrected chi connectivity index (χ4v) is 4.32. The molecule has 36 heavy (non-hydrogen) atoms. The number of hydrogen-bond donors (Lipinski definition) is 5. The topological polar surface area (TPSA) is 129 Å². The Morgan fingerprint density at radius 1 is 0.889 bits per heavy atom. The van der Waals surface area contributed by atoms with Crippen molar-refractivity contribution in [1.29, 1.82) is 0 Å². The zero-order valence-corrected chi connectivity index (χ0v) is 20.0. The van der Waals surface area contributed by atoms with Gasteiger partial charge in [-0.05, 0) is 79.3 Å². The number of nitrogens with two attached hydrogens (primary N) is 1. The van der Waals surface area contributed by atoms with Gasteiger partial charge in [0.05, 0.1) is 5.52 Å². The molecular formula is C29H31N3O4. The van der Waals surface area contributed by atoms with Gasteiger partial charge in [0.25, 0.3) is 5.91 Å². The van der Waals surface area contributed by atoms with Gasteiger partial charge in [0.1, 0.15) is 11.4 Å². The van der Waals surface area contributed by atoms with E-state index in [0.29, 0.717) is 30.3 Å². The molecule has 7 nitrogen and oxygen atoms in total. The second-order valence-electron chi connectivity index (χ2n) is 8.93. The third kappa shape index (κ3) is 6.46. The molecule has 186 valence electrons. The van der Waals surface area contributed by atoms with Crippen LogP contribution in [0.4, 0.5) is 0 Å². The van der Waals surface area contributed by atoms with Crippen LogP contribution >= 0.6 is 0 Å². The predicted molar refractivity (Wildman–Crippen MR) is 140 cm³/mol. The van der Waals surface area contributed by atoms with E-state index in [1.54, 1.807) is 24.3 Å². The number of amides is 1. The Balaban J connectivity index is 1.55. The molecule has 0 bridgehead atoms. The first kappa shape index (κ1) is 25.3. The van der Waals surface area contributed by atoms with Crippen LogP contribution in [0.5, 0.6) is 5.75 Å².